The summed E-state index contributed by atoms with van der Waals surface area (Å²) in [7, 11) is 0. The van der Waals surface area contributed by atoms with Gasteiger partial charge in [-0.05, 0) is 53.6 Å². The Morgan fingerprint density at radius 1 is 0.967 bits per heavy atom. The third-order valence-corrected chi connectivity index (χ3v) is 6.20. The van der Waals surface area contributed by atoms with Gasteiger partial charge in [0, 0.05) is 21.7 Å². The molecule has 160 valence electrons. The summed E-state index contributed by atoms with van der Waals surface area (Å²) in [5.41, 5.74) is 0.583. The fraction of sp³-hybridized carbons (Fsp3) is 0.222. The van der Waals surface area contributed by atoms with Gasteiger partial charge in [-0.1, -0.05) is 34.8 Å². The highest BCUT2D eigenvalue weighted by Crippen LogP contribution is 2.65. The summed E-state index contributed by atoms with van der Waals surface area (Å²) < 4.78 is 24.4. The molecule has 0 unspecified atom stereocenters. The Balaban J connectivity index is 1.78. The predicted octanol–water partition coefficient (Wildman–Crippen LogP) is 6.94. The van der Waals surface area contributed by atoms with Crippen molar-refractivity contribution < 1.29 is 18.4 Å². The molecule has 0 heterocycles. The summed E-state index contributed by atoms with van der Waals surface area (Å²) in [6, 6.07) is 8.64. The van der Waals surface area contributed by atoms with Crippen molar-refractivity contribution in [3.05, 3.63) is 57.0 Å². The van der Waals surface area contributed by atoms with Crippen LogP contribution in [0.25, 0.3) is 0 Å². The summed E-state index contributed by atoms with van der Waals surface area (Å²) in [6.07, 6.45) is 0. The first kappa shape index (κ1) is 23.6. The number of amides is 2. The average molecular weight is 537 g/mol. The van der Waals surface area contributed by atoms with E-state index < -0.39 is 33.4 Å². The van der Waals surface area contributed by atoms with Crippen LogP contribution in [0, 0.1) is 5.92 Å². The topological polar surface area (TPSA) is 58.2 Å². The number of hydrogen-bond acceptors (Lipinski definition) is 2. The molecule has 2 amide bonds. The van der Waals surface area contributed by atoms with Gasteiger partial charge in [-0.25, -0.2) is 0 Å². The Morgan fingerprint density at radius 2 is 1.57 bits per heavy atom. The quantitative estimate of drug-likeness (QED) is 0.407. The molecule has 30 heavy (non-hydrogen) atoms. The first-order valence-electron chi connectivity index (χ1n) is 8.13. The van der Waals surface area contributed by atoms with Crippen molar-refractivity contribution in [1.29, 1.82) is 0 Å². The fourth-order valence-electron chi connectivity index (χ4n) is 2.93. The minimum atomic E-state index is -4.13. The molecule has 0 aliphatic heterocycles. The van der Waals surface area contributed by atoms with Crippen LogP contribution in [0.3, 0.4) is 0 Å². The summed E-state index contributed by atoms with van der Waals surface area (Å²) in [4.78, 5) is 24.1. The molecule has 2 aromatic carbocycles. The number of nitrogens with one attached hydrogen (secondary N) is 2. The maximum absolute atomic E-state index is 12.9. The van der Waals surface area contributed by atoms with Crippen molar-refractivity contribution in [2.45, 2.75) is 15.6 Å². The summed E-state index contributed by atoms with van der Waals surface area (Å²) in [5.74, 6) is -3.71. The van der Waals surface area contributed by atoms with E-state index in [1.165, 1.54) is 24.3 Å². The Hall–Kier alpha value is -1.02. The normalized spacial score (nSPS) is 19.9. The van der Waals surface area contributed by atoms with Gasteiger partial charge in [-0.2, -0.15) is 8.78 Å². The Bertz CT molecular complexity index is 1010. The van der Waals surface area contributed by atoms with Gasteiger partial charge in [0.05, 0.1) is 16.6 Å². The van der Waals surface area contributed by atoms with Crippen molar-refractivity contribution in [1.82, 2.24) is 0 Å². The summed E-state index contributed by atoms with van der Waals surface area (Å²) in [5, 5.41) is 1.01. The van der Waals surface area contributed by atoms with Gasteiger partial charge in [0.2, 0.25) is 5.91 Å². The van der Waals surface area contributed by atoms with E-state index in [0.717, 1.165) is 0 Å². The molecule has 1 aliphatic rings. The smallest absolute Gasteiger partial charge is 0.326 e. The number of rotatable bonds is 5. The van der Waals surface area contributed by atoms with Crippen molar-refractivity contribution in [2.75, 3.05) is 10.6 Å². The minimum Gasteiger partial charge on any atom is -0.326 e. The summed E-state index contributed by atoms with van der Waals surface area (Å²) in [6.45, 7) is 0. The molecule has 2 N–H and O–H groups in total. The molecule has 1 aliphatic carbocycles. The number of hydrogen-bond donors (Lipinski definition) is 2. The number of halogens is 8. The monoisotopic (exact) mass is 534 g/mol. The lowest BCUT2D eigenvalue weighted by Gasteiger charge is -2.12. The van der Waals surface area contributed by atoms with Gasteiger partial charge in [-0.15, -0.1) is 23.2 Å². The van der Waals surface area contributed by atoms with Crippen LogP contribution in [-0.4, -0.2) is 21.5 Å². The minimum absolute atomic E-state index is 0.0378. The van der Waals surface area contributed by atoms with Crippen LogP contribution >= 0.6 is 69.6 Å². The number of carbonyl (C=O) groups excluding carboxylic acids is 2. The van der Waals surface area contributed by atoms with E-state index in [2.05, 4.69) is 16.9 Å². The van der Waals surface area contributed by atoms with Crippen molar-refractivity contribution in [2.24, 2.45) is 5.92 Å². The fourth-order valence-corrected chi connectivity index (χ4v) is 4.52. The molecule has 2 atom stereocenters. The molecule has 1 fully saturated rings. The highest BCUT2D eigenvalue weighted by molar-refractivity contribution is 6.53. The van der Waals surface area contributed by atoms with Crippen LogP contribution in [0.15, 0.2) is 36.4 Å². The second kappa shape index (κ2) is 8.49. The third kappa shape index (κ3) is 5.06. The van der Waals surface area contributed by atoms with Crippen LogP contribution in [0.1, 0.15) is 11.5 Å². The van der Waals surface area contributed by atoms with E-state index in [1.807, 2.05) is 5.32 Å². The van der Waals surface area contributed by atoms with E-state index in [0.29, 0.717) is 15.6 Å². The maximum atomic E-state index is 12.9. The van der Waals surface area contributed by atoms with Gasteiger partial charge in [0.1, 0.15) is 4.33 Å². The SMILES string of the molecule is O=C(Nc1ccc(Cl)c(NC(=O)C(F)(F)Cl)c1)[C@H]1[C@H](c2cc(Cl)cc(Cl)c2)C1(Cl)Cl. The summed E-state index contributed by atoms with van der Waals surface area (Å²) >= 11 is 35.2. The number of carbonyl (C=O) groups is 2. The highest BCUT2D eigenvalue weighted by Gasteiger charge is 2.67. The van der Waals surface area contributed by atoms with E-state index in [4.69, 9.17) is 58.0 Å². The van der Waals surface area contributed by atoms with Gasteiger partial charge in [0.25, 0.3) is 0 Å². The van der Waals surface area contributed by atoms with Gasteiger partial charge in [-0.3, -0.25) is 9.59 Å². The molecule has 12 heteroatoms. The van der Waals surface area contributed by atoms with E-state index in [-0.39, 0.29) is 16.4 Å². The molecule has 0 aromatic heterocycles. The molecule has 0 spiro atoms. The zero-order valence-corrected chi connectivity index (χ0v) is 19.0. The predicted molar refractivity (Wildman–Crippen MR) is 117 cm³/mol. The maximum Gasteiger partial charge on any atom is 0.400 e. The van der Waals surface area contributed by atoms with Gasteiger partial charge in [0.15, 0.2) is 0 Å². The molecule has 0 radical (unpaired) electrons. The van der Waals surface area contributed by atoms with Crippen LogP contribution in [0.2, 0.25) is 15.1 Å². The Kier molecular flexibility index (Phi) is 6.69. The van der Waals surface area contributed by atoms with Crippen LogP contribution in [0.4, 0.5) is 20.2 Å². The first-order valence-corrected chi connectivity index (χ1v) is 10.4. The largest absolute Gasteiger partial charge is 0.400 e. The molecular weight excluding hydrogens is 527 g/mol. The molecule has 4 nitrogen and oxygen atoms in total. The molecule has 0 saturated heterocycles. The number of alkyl halides is 5. The highest BCUT2D eigenvalue weighted by atomic mass is 35.5. The molecule has 1 saturated carbocycles. The van der Waals surface area contributed by atoms with E-state index in [9.17, 15) is 18.4 Å². The lowest BCUT2D eigenvalue weighted by atomic mass is 10.1. The van der Waals surface area contributed by atoms with E-state index >= 15 is 0 Å². The van der Waals surface area contributed by atoms with Crippen molar-refractivity contribution >= 4 is 92.8 Å². The van der Waals surface area contributed by atoms with Crippen molar-refractivity contribution in [3.8, 4) is 0 Å². The Morgan fingerprint density at radius 3 is 2.13 bits per heavy atom. The van der Waals surface area contributed by atoms with Crippen LogP contribution in [0.5, 0.6) is 0 Å². The molecule has 3 rings (SSSR count). The lowest BCUT2D eigenvalue weighted by molar-refractivity contribution is -0.130. The van der Waals surface area contributed by atoms with Crippen molar-refractivity contribution in [3.63, 3.8) is 0 Å². The third-order valence-electron chi connectivity index (χ3n) is 4.32. The molecule has 0 bridgehead atoms. The standard InChI is InChI=1S/C18H10Cl6F2N2O2/c19-8-3-7(4-9(20)5-8)13-14(17(13,22)23)15(29)27-10-1-2-11(21)12(6-10)28-16(30)18(24,25)26/h1-6,13-14H,(H,27,29)(H,28,30)/t13-,14+/m0/s1. The molecular formula is C18H10Cl6F2N2O2. The average Bonchev–Trinajstić information content (AvgIpc) is 3.18. The number of anilines is 2. The molecule has 2 aromatic rings. The first-order chi connectivity index (χ1) is 13.8. The number of benzene rings is 2. The van der Waals surface area contributed by atoms with Crippen LogP contribution < -0.4 is 10.6 Å². The van der Waals surface area contributed by atoms with Gasteiger partial charge < -0.3 is 10.6 Å². The second-order valence-corrected chi connectivity index (χ2v) is 9.67. The Labute approximate surface area is 199 Å². The van der Waals surface area contributed by atoms with Crippen LogP contribution in [-0.2, 0) is 9.59 Å². The zero-order valence-electron chi connectivity index (χ0n) is 14.5. The zero-order chi connectivity index (χ0) is 22.4. The second-order valence-electron chi connectivity index (χ2n) is 6.47. The lowest BCUT2D eigenvalue weighted by Crippen LogP contribution is -2.29. The van der Waals surface area contributed by atoms with E-state index in [1.54, 1.807) is 12.1 Å². The van der Waals surface area contributed by atoms with Gasteiger partial charge >= 0.3 is 11.3 Å².